The smallest absolute Gasteiger partial charge is 0.273 e. The van der Waals surface area contributed by atoms with E-state index < -0.39 is 0 Å². The van der Waals surface area contributed by atoms with E-state index in [0.717, 1.165) is 10.9 Å². The molecule has 0 atom stereocenters. The number of nitrogens with two attached hydrogens (primary N) is 2. The first-order valence-corrected chi connectivity index (χ1v) is 11.9. The summed E-state index contributed by atoms with van der Waals surface area (Å²) in [6.45, 7) is 1.67. The second-order valence-corrected chi connectivity index (χ2v) is 9.30. The quantitative estimate of drug-likeness (QED) is 0.468. The van der Waals surface area contributed by atoms with Crippen LogP contribution in [0.1, 0.15) is 57.9 Å². The molecule has 1 aliphatic carbocycles. The zero-order valence-electron chi connectivity index (χ0n) is 19.0. The maximum atomic E-state index is 13.6. The topological polar surface area (TPSA) is 98.1 Å². The van der Waals surface area contributed by atoms with Gasteiger partial charge >= 0.3 is 0 Å². The molecule has 0 radical (unpaired) electrons. The number of amides is 1. The normalized spacial score (nSPS) is 15.4. The number of hydrogen-bond donors (Lipinski definition) is 2. The molecule has 1 aromatic heterocycles. The summed E-state index contributed by atoms with van der Waals surface area (Å²) in [5, 5.41) is 0.727. The highest BCUT2D eigenvalue weighted by Crippen LogP contribution is 2.43. The van der Waals surface area contributed by atoms with Crippen LogP contribution in [-0.2, 0) is 19.6 Å². The van der Waals surface area contributed by atoms with Crippen molar-refractivity contribution in [3.63, 3.8) is 0 Å². The number of carbonyl (C=O) groups is 1. The second kappa shape index (κ2) is 8.22. The summed E-state index contributed by atoms with van der Waals surface area (Å²) in [7, 11) is 0. The second-order valence-electron chi connectivity index (χ2n) is 9.30. The zero-order valence-corrected chi connectivity index (χ0v) is 19.0. The molecule has 3 aromatic carbocycles. The van der Waals surface area contributed by atoms with Crippen molar-refractivity contribution in [3.8, 4) is 11.1 Å². The van der Waals surface area contributed by atoms with Crippen molar-refractivity contribution in [2.75, 3.05) is 5.73 Å². The number of carbonyl (C=O) groups excluding carboxylic acids is 1. The van der Waals surface area contributed by atoms with Crippen LogP contribution in [0.5, 0.6) is 0 Å². The number of aromatic nitrogens is 2. The van der Waals surface area contributed by atoms with Crippen LogP contribution in [0.2, 0.25) is 0 Å². The van der Waals surface area contributed by atoms with Gasteiger partial charge in [0.2, 0.25) is 5.95 Å². The first-order valence-electron chi connectivity index (χ1n) is 11.9. The fourth-order valence-corrected chi connectivity index (χ4v) is 5.33. The molecule has 4 N–H and O–H groups in total. The fourth-order valence-electron chi connectivity index (χ4n) is 5.33. The fraction of sp³-hybridized carbons (Fsp3) is 0.250. The molecule has 0 bridgehead atoms. The summed E-state index contributed by atoms with van der Waals surface area (Å²) in [6.07, 6.45) is 3.64. The van der Waals surface area contributed by atoms with Crippen molar-refractivity contribution >= 4 is 22.8 Å². The van der Waals surface area contributed by atoms with Crippen LogP contribution in [0.15, 0.2) is 60.7 Å². The van der Waals surface area contributed by atoms with Crippen molar-refractivity contribution in [1.29, 1.82) is 0 Å². The molecule has 1 fully saturated rings. The lowest BCUT2D eigenvalue weighted by Gasteiger charge is -2.30. The van der Waals surface area contributed by atoms with Gasteiger partial charge in [0, 0.05) is 25.0 Å². The molecular weight excluding hydrogens is 422 g/mol. The Morgan fingerprint density at radius 1 is 0.971 bits per heavy atom. The van der Waals surface area contributed by atoms with Crippen LogP contribution in [0.3, 0.4) is 0 Å². The van der Waals surface area contributed by atoms with E-state index in [0.29, 0.717) is 36.8 Å². The monoisotopic (exact) mass is 449 g/mol. The largest absolute Gasteiger partial charge is 0.368 e. The van der Waals surface area contributed by atoms with Gasteiger partial charge in [0.25, 0.3) is 5.91 Å². The highest BCUT2D eigenvalue weighted by Gasteiger charge is 2.28. The highest BCUT2D eigenvalue weighted by molar-refractivity contribution is 6.06. The van der Waals surface area contributed by atoms with Gasteiger partial charge in [-0.05, 0) is 64.3 Å². The SMILES string of the molecule is NCc1cccc(-c2ccc3nc(N)nc(C(=O)N4Cc5ccccc5C4)c3c2)c1C1CCC1. The van der Waals surface area contributed by atoms with Crippen molar-refractivity contribution in [3.05, 3.63) is 88.6 Å². The van der Waals surface area contributed by atoms with Crippen molar-refractivity contribution < 1.29 is 4.79 Å². The van der Waals surface area contributed by atoms with Crippen LogP contribution in [0.4, 0.5) is 5.95 Å². The van der Waals surface area contributed by atoms with Gasteiger partial charge in [0.1, 0.15) is 5.69 Å². The molecule has 1 saturated carbocycles. The average Bonchev–Trinajstić information content (AvgIpc) is 3.26. The zero-order chi connectivity index (χ0) is 23.2. The minimum Gasteiger partial charge on any atom is -0.368 e. The maximum absolute atomic E-state index is 13.6. The van der Waals surface area contributed by atoms with Gasteiger partial charge in [0.05, 0.1) is 5.52 Å². The first kappa shape index (κ1) is 20.8. The highest BCUT2D eigenvalue weighted by atomic mass is 16.2. The molecule has 1 amide bonds. The van der Waals surface area contributed by atoms with Crippen LogP contribution in [0, 0.1) is 0 Å². The van der Waals surface area contributed by atoms with Gasteiger partial charge in [-0.2, -0.15) is 0 Å². The Morgan fingerprint density at radius 2 is 1.74 bits per heavy atom. The van der Waals surface area contributed by atoms with E-state index in [2.05, 4.69) is 46.4 Å². The van der Waals surface area contributed by atoms with Gasteiger partial charge in [-0.1, -0.05) is 55.0 Å². The average molecular weight is 450 g/mol. The predicted molar refractivity (Wildman–Crippen MR) is 134 cm³/mol. The number of nitrogen functional groups attached to an aromatic ring is 1. The van der Waals surface area contributed by atoms with Gasteiger partial charge in [-0.25, -0.2) is 9.97 Å². The Balaban J connectivity index is 1.45. The van der Waals surface area contributed by atoms with Gasteiger partial charge in [-0.15, -0.1) is 0 Å². The van der Waals surface area contributed by atoms with Gasteiger partial charge in [0.15, 0.2) is 0 Å². The molecule has 2 heterocycles. The number of fused-ring (bicyclic) bond motifs is 2. The number of benzene rings is 3. The molecule has 6 heteroatoms. The predicted octanol–water partition coefficient (Wildman–Crippen LogP) is 4.76. The van der Waals surface area contributed by atoms with Crippen LogP contribution < -0.4 is 11.5 Å². The number of hydrogen-bond acceptors (Lipinski definition) is 5. The number of anilines is 1. The molecule has 2 aliphatic rings. The van der Waals surface area contributed by atoms with E-state index in [4.69, 9.17) is 11.5 Å². The van der Waals surface area contributed by atoms with Crippen molar-refractivity contribution in [2.24, 2.45) is 5.73 Å². The lowest BCUT2D eigenvalue weighted by Crippen LogP contribution is -2.27. The molecule has 4 aromatic rings. The summed E-state index contributed by atoms with van der Waals surface area (Å²) in [4.78, 5) is 24.3. The van der Waals surface area contributed by atoms with Crippen LogP contribution in [0.25, 0.3) is 22.0 Å². The Kier molecular flexibility index (Phi) is 5.03. The van der Waals surface area contributed by atoms with E-state index in [1.54, 1.807) is 0 Å². The van der Waals surface area contributed by atoms with E-state index in [1.807, 2.05) is 29.2 Å². The molecule has 6 rings (SSSR count). The molecule has 0 saturated heterocycles. The summed E-state index contributed by atoms with van der Waals surface area (Å²) in [6, 6.07) is 20.6. The Morgan fingerprint density at radius 3 is 2.41 bits per heavy atom. The Hall–Kier alpha value is -3.77. The maximum Gasteiger partial charge on any atom is 0.273 e. The van der Waals surface area contributed by atoms with Crippen molar-refractivity contribution in [1.82, 2.24) is 14.9 Å². The van der Waals surface area contributed by atoms with E-state index in [1.165, 1.54) is 47.1 Å². The van der Waals surface area contributed by atoms with E-state index in [9.17, 15) is 4.79 Å². The summed E-state index contributed by atoms with van der Waals surface area (Å²) in [5.74, 6) is 0.528. The molecule has 0 unspecified atom stereocenters. The van der Waals surface area contributed by atoms with Gasteiger partial charge in [-0.3, -0.25) is 4.79 Å². The van der Waals surface area contributed by atoms with E-state index in [-0.39, 0.29) is 11.9 Å². The molecule has 34 heavy (non-hydrogen) atoms. The number of nitrogens with zero attached hydrogens (tertiary/aromatic N) is 3. The van der Waals surface area contributed by atoms with Crippen molar-refractivity contribution in [2.45, 2.75) is 44.8 Å². The van der Waals surface area contributed by atoms with Gasteiger partial charge < -0.3 is 16.4 Å². The van der Waals surface area contributed by atoms with Crippen LogP contribution >= 0.6 is 0 Å². The van der Waals surface area contributed by atoms with E-state index >= 15 is 0 Å². The minimum absolute atomic E-state index is 0.112. The number of rotatable bonds is 4. The first-order chi connectivity index (χ1) is 16.6. The summed E-state index contributed by atoms with van der Waals surface area (Å²) < 4.78 is 0. The third-order valence-electron chi connectivity index (χ3n) is 7.28. The third kappa shape index (κ3) is 3.42. The molecule has 1 aliphatic heterocycles. The minimum atomic E-state index is -0.123. The standard InChI is InChI=1S/C28H27N5O/c29-14-19-9-4-10-22(25(19)17-7-3-8-17)18-11-12-24-23(13-18)26(32-28(30)31-24)27(34)33-15-20-5-1-2-6-21(20)16-33/h1-2,4-6,9-13,17H,3,7-8,14-16,29H2,(H2,30,31,32). The molecule has 6 nitrogen and oxygen atoms in total. The Bertz CT molecular complexity index is 1400. The third-order valence-corrected chi connectivity index (χ3v) is 7.28. The molecule has 0 spiro atoms. The molecular formula is C28H27N5O. The molecule has 170 valence electrons. The van der Waals surface area contributed by atoms with Crippen LogP contribution in [-0.4, -0.2) is 20.8 Å². The summed E-state index contributed by atoms with van der Waals surface area (Å²) in [5.41, 5.74) is 20.3. The summed E-state index contributed by atoms with van der Waals surface area (Å²) >= 11 is 0. The lowest BCUT2D eigenvalue weighted by molar-refractivity contribution is 0.0747. The lowest BCUT2D eigenvalue weighted by atomic mass is 9.75. The Labute approximate surface area is 198 Å².